The molecule has 29 heavy (non-hydrogen) atoms. The van der Waals surface area contributed by atoms with Gasteiger partial charge in [-0.3, -0.25) is 16.1 Å². The minimum Gasteiger partial charge on any atom is -0.387 e. The Kier molecular flexibility index (Phi) is 7.12. The Bertz CT molecular complexity index is 882. The summed E-state index contributed by atoms with van der Waals surface area (Å²) in [4.78, 5) is 6.49. The first kappa shape index (κ1) is 21.1. The van der Waals surface area contributed by atoms with Crippen LogP contribution in [-0.4, -0.2) is 58.3 Å². The number of hydrogen-bond acceptors (Lipinski definition) is 8. The highest BCUT2D eigenvalue weighted by Crippen LogP contribution is 2.23. The van der Waals surface area contributed by atoms with E-state index in [0.717, 1.165) is 32.5 Å². The van der Waals surface area contributed by atoms with Crippen molar-refractivity contribution in [2.24, 2.45) is 16.6 Å². The van der Waals surface area contributed by atoms with E-state index in [9.17, 15) is 9.60 Å². The van der Waals surface area contributed by atoms with E-state index in [1.807, 2.05) is 5.48 Å². The number of aromatic nitrogens is 2. The molecule has 1 aromatic heterocycles. The molecule has 6 N–H and O–H groups in total. The lowest BCUT2D eigenvalue weighted by molar-refractivity contribution is 0.216. The number of piperidine rings is 1. The van der Waals surface area contributed by atoms with E-state index in [0.29, 0.717) is 18.1 Å². The number of rotatable bonds is 7. The van der Waals surface area contributed by atoms with Gasteiger partial charge in [0.25, 0.3) is 0 Å². The summed E-state index contributed by atoms with van der Waals surface area (Å²) in [5.74, 6) is 0.351. The van der Waals surface area contributed by atoms with Crippen LogP contribution in [0.2, 0.25) is 0 Å². The summed E-state index contributed by atoms with van der Waals surface area (Å²) in [6.45, 7) is 3.09. The zero-order valence-corrected chi connectivity index (χ0v) is 17.1. The van der Waals surface area contributed by atoms with E-state index >= 15 is 0 Å². The van der Waals surface area contributed by atoms with Gasteiger partial charge in [-0.05, 0) is 70.4 Å². The van der Waals surface area contributed by atoms with Gasteiger partial charge in [0.05, 0.1) is 16.0 Å². The average Bonchev–Trinajstić information content (AvgIpc) is 3.17. The van der Waals surface area contributed by atoms with Crippen LogP contribution >= 0.6 is 15.9 Å². The second kappa shape index (κ2) is 9.76. The smallest absolute Gasteiger partial charge is 0.202 e. The van der Waals surface area contributed by atoms with Crippen LogP contribution in [-0.2, 0) is 0 Å². The summed E-state index contributed by atoms with van der Waals surface area (Å²) >= 11 is 3.10. The van der Waals surface area contributed by atoms with Crippen LogP contribution in [0.1, 0.15) is 18.5 Å². The first-order chi connectivity index (χ1) is 14.0. The Hall–Kier alpha value is -2.57. The number of nitrogens with zero attached hydrogens (tertiary/aromatic N) is 4. The molecular formula is C17H22BrFN8O2. The average molecular weight is 469 g/mol. The fourth-order valence-electron chi connectivity index (χ4n) is 3.07. The van der Waals surface area contributed by atoms with E-state index in [1.54, 1.807) is 0 Å². The number of benzene rings is 1. The lowest BCUT2D eigenvalue weighted by atomic mass is 9.96. The summed E-state index contributed by atoms with van der Waals surface area (Å²) in [6.07, 6.45) is 1.76. The Balaban J connectivity index is 1.60. The molecule has 3 rings (SSSR count). The van der Waals surface area contributed by atoms with Crippen molar-refractivity contribution in [2.45, 2.75) is 12.8 Å². The molecular weight excluding hydrogens is 447 g/mol. The fourth-order valence-corrected chi connectivity index (χ4v) is 3.44. The highest BCUT2D eigenvalue weighted by atomic mass is 79.9. The van der Waals surface area contributed by atoms with E-state index in [1.165, 1.54) is 18.2 Å². The SMILES string of the molecule is N=C(N)C1CCN(CCNc2nonc2C(=Nc2ccc(F)c(Br)c2)NO)CC1. The predicted molar refractivity (Wildman–Crippen MR) is 109 cm³/mol. The maximum absolute atomic E-state index is 13.4. The third kappa shape index (κ3) is 5.49. The van der Waals surface area contributed by atoms with Crippen LogP contribution < -0.4 is 16.5 Å². The Labute approximate surface area is 174 Å². The molecule has 0 saturated carbocycles. The third-order valence-electron chi connectivity index (χ3n) is 4.71. The van der Waals surface area contributed by atoms with Crippen molar-refractivity contribution in [2.75, 3.05) is 31.5 Å². The van der Waals surface area contributed by atoms with Crippen LogP contribution in [0.4, 0.5) is 15.9 Å². The largest absolute Gasteiger partial charge is 0.387 e. The first-order valence-corrected chi connectivity index (χ1v) is 9.84. The quantitative estimate of drug-likeness (QED) is 0.235. The van der Waals surface area contributed by atoms with Crippen molar-refractivity contribution in [3.8, 4) is 0 Å². The minimum atomic E-state index is -0.416. The number of nitrogens with two attached hydrogens (primary N) is 1. The number of likely N-dealkylation sites (tertiary alicyclic amines) is 1. The van der Waals surface area contributed by atoms with Gasteiger partial charge in [0.15, 0.2) is 11.5 Å². The zero-order chi connectivity index (χ0) is 20.8. The number of hydrogen-bond donors (Lipinski definition) is 5. The van der Waals surface area contributed by atoms with Crippen LogP contribution in [0.25, 0.3) is 0 Å². The van der Waals surface area contributed by atoms with Crippen LogP contribution in [0.5, 0.6) is 0 Å². The molecule has 2 heterocycles. The Morgan fingerprint density at radius 3 is 2.83 bits per heavy atom. The number of aliphatic imine (C=N–C) groups is 1. The lowest BCUT2D eigenvalue weighted by Gasteiger charge is -2.31. The standard InChI is InChI=1S/C17H22BrFN8O2/c18-12-9-11(1-2-13(12)19)23-17(24-28)14-16(26-29-25-14)22-5-8-27-6-3-10(4-7-27)15(20)21/h1-2,9-10,28H,3-8H2,(H3,20,21)(H,22,26)(H,23,24). The maximum atomic E-state index is 13.4. The molecule has 1 saturated heterocycles. The number of anilines is 1. The van der Waals surface area contributed by atoms with Crippen molar-refractivity contribution in [3.63, 3.8) is 0 Å². The van der Waals surface area contributed by atoms with Crippen molar-refractivity contribution in [1.82, 2.24) is 20.7 Å². The third-order valence-corrected chi connectivity index (χ3v) is 5.32. The highest BCUT2D eigenvalue weighted by molar-refractivity contribution is 9.10. The number of amidine groups is 2. The first-order valence-electron chi connectivity index (χ1n) is 9.05. The molecule has 0 spiro atoms. The van der Waals surface area contributed by atoms with E-state index < -0.39 is 5.82 Å². The molecule has 1 aliphatic rings. The molecule has 2 aromatic rings. The molecule has 0 aliphatic carbocycles. The molecule has 10 nitrogen and oxygen atoms in total. The molecule has 1 fully saturated rings. The summed E-state index contributed by atoms with van der Waals surface area (Å²) in [5.41, 5.74) is 8.15. The normalized spacial score (nSPS) is 16.0. The topological polar surface area (TPSA) is 149 Å². The molecule has 1 aromatic carbocycles. The van der Waals surface area contributed by atoms with Crippen molar-refractivity contribution in [1.29, 1.82) is 5.41 Å². The van der Waals surface area contributed by atoms with Gasteiger partial charge >= 0.3 is 0 Å². The highest BCUT2D eigenvalue weighted by Gasteiger charge is 2.21. The number of hydroxylamine groups is 1. The van der Waals surface area contributed by atoms with Crippen molar-refractivity contribution < 1.29 is 14.2 Å². The summed E-state index contributed by atoms with van der Waals surface area (Å²) in [7, 11) is 0. The number of nitrogens with one attached hydrogen (secondary N) is 3. The van der Waals surface area contributed by atoms with Crippen molar-refractivity contribution in [3.05, 3.63) is 34.2 Å². The number of halogens is 2. The molecule has 156 valence electrons. The van der Waals surface area contributed by atoms with Gasteiger partial charge in [0.2, 0.25) is 5.82 Å². The molecule has 1 aliphatic heterocycles. The van der Waals surface area contributed by atoms with Crippen LogP contribution in [0.3, 0.4) is 0 Å². The van der Waals surface area contributed by atoms with Gasteiger partial charge in [-0.2, -0.15) is 0 Å². The molecule has 0 atom stereocenters. The molecule has 0 unspecified atom stereocenters. The van der Waals surface area contributed by atoms with Gasteiger partial charge < -0.3 is 16.0 Å². The van der Waals surface area contributed by atoms with Gasteiger partial charge in [0, 0.05) is 19.0 Å². The minimum absolute atomic E-state index is 0.00882. The predicted octanol–water partition coefficient (Wildman–Crippen LogP) is 2.09. The van der Waals surface area contributed by atoms with Gasteiger partial charge in [-0.1, -0.05) is 0 Å². The molecule has 0 bridgehead atoms. The summed E-state index contributed by atoms with van der Waals surface area (Å²) in [6, 6.07) is 4.19. The Morgan fingerprint density at radius 2 is 2.17 bits per heavy atom. The molecule has 12 heteroatoms. The summed E-state index contributed by atoms with van der Waals surface area (Å²) in [5, 5.41) is 27.7. The van der Waals surface area contributed by atoms with Gasteiger partial charge in [-0.15, -0.1) is 0 Å². The zero-order valence-electron chi connectivity index (χ0n) is 15.5. The van der Waals surface area contributed by atoms with E-state index in [4.69, 9.17) is 15.8 Å². The second-order valence-electron chi connectivity index (χ2n) is 6.63. The maximum Gasteiger partial charge on any atom is 0.202 e. The van der Waals surface area contributed by atoms with Crippen LogP contribution in [0, 0.1) is 17.1 Å². The van der Waals surface area contributed by atoms with Crippen molar-refractivity contribution >= 4 is 39.1 Å². The Morgan fingerprint density at radius 1 is 1.41 bits per heavy atom. The molecule has 0 radical (unpaired) electrons. The van der Waals surface area contributed by atoms with Gasteiger partial charge in [-0.25, -0.2) is 14.0 Å². The van der Waals surface area contributed by atoms with Gasteiger partial charge in [0.1, 0.15) is 5.82 Å². The van der Waals surface area contributed by atoms with E-state index in [-0.39, 0.29) is 27.8 Å². The molecule has 0 amide bonds. The van der Waals surface area contributed by atoms with Crippen LogP contribution in [0.15, 0.2) is 32.3 Å². The fraction of sp³-hybridized carbons (Fsp3) is 0.412. The lowest BCUT2D eigenvalue weighted by Crippen LogP contribution is -2.40. The second-order valence-corrected chi connectivity index (χ2v) is 7.48. The monoisotopic (exact) mass is 468 g/mol. The van der Waals surface area contributed by atoms with E-state index in [2.05, 4.69) is 41.5 Å². The summed E-state index contributed by atoms with van der Waals surface area (Å²) < 4.78 is 18.4.